The molecule has 2 heterocycles. The summed E-state index contributed by atoms with van der Waals surface area (Å²) >= 11 is 6.93. The van der Waals surface area contributed by atoms with Crippen LogP contribution in [0, 0.1) is 15.8 Å². The molecule has 3 N–H and O–H groups in total. The van der Waals surface area contributed by atoms with E-state index in [2.05, 4.69) is 16.0 Å². The maximum absolute atomic E-state index is 13.2. The van der Waals surface area contributed by atoms with Gasteiger partial charge in [-0.25, -0.2) is 0 Å². The summed E-state index contributed by atoms with van der Waals surface area (Å²) in [5.74, 6) is 1.04. The van der Waals surface area contributed by atoms with Crippen molar-refractivity contribution in [2.45, 2.75) is 69.9 Å². The lowest BCUT2D eigenvalue weighted by Gasteiger charge is -2.39. The molecule has 0 saturated heterocycles. The number of benzene rings is 1. The first-order valence-corrected chi connectivity index (χ1v) is 15.0. The minimum Gasteiger partial charge on any atom is -0.493 e. The molecule has 2 fully saturated rings. The second-order valence-corrected chi connectivity index (χ2v) is 12.3. The van der Waals surface area contributed by atoms with E-state index in [-0.39, 0.29) is 41.6 Å². The highest BCUT2D eigenvalue weighted by Gasteiger charge is 2.44. The maximum Gasteiger partial charge on any atom is 0.265 e. The molecule has 1 aromatic carbocycles. The monoisotopic (exact) mass is 572 g/mol. The molecule has 1 aliphatic heterocycles. The SMILES string of the molecule is COc1ccc(CCNC(=O)C2CCC3C(=O)Nc4c(C(=O)NC5CCCCC5)sc(=S)n4C3C2)cc1OC. The third-order valence-electron chi connectivity index (χ3n) is 8.25. The molecular formula is C28H36N4O5S2. The summed E-state index contributed by atoms with van der Waals surface area (Å²) in [6.45, 7) is 0.494. The van der Waals surface area contributed by atoms with Crippen LogP contribution >= 0.6 is 23.6 Å². The molecule has 2 aliphatic carbocycles. The van der Waals surface area contributed by atoms with Crippen LogP contribution in [0.2, 0.25) is 0 Å². The molecular weight excluding hydrogens is 536 g/mol. The van der Waals surface area contributed by atoms with Crippen molar-refractivity contribution in [1.29, 1.82) is 0 Å². The Balaban J connectivity index is 1.24. The van der Waals surface area contributed by atoms with Crippen LogP contribution < -0.4 is 25.4 Å². The van der Waals surface area contributed by atoms with Gasteiger partial charge in [-0.05, 0) is 68.4 Å². The molecule has 0 bridgehead atoms. The zero-order valence-corrected chi connectivity index (χ0v) is 24.1. The number of nitrogens with zero attached hydrogens (tertiary/aromatic N) is 1. The quantitative estimate of drug-likeness (QED) is 0.398. The minimum absolute atomic E-state index is 0.0153. The molecule has 2 saturated carbocycles. The lowest BCUT2D eigenvalue weighted by molar-refractivity contribution is -0.130. The van der Waals surface area contributed by atoms with Gasteiger partial charge in [0.2, 0.25) is 11.8 Å². The highest BCUT2D eigenvalue weighted by atomic mass is 32.1. The average Bonchev–Trinajstić information content (AvgIpc) is 3.29. The number of amides is 3. The first-order chi connectivity index (χ1) is 18.9. The molecule has 2 aromatic rings. The molecule has 210 valence electrons. The standard InChI is InChI=1S/C28H36N4O5S2/c1-36-21-11-8-16(14-22(21)37-2)12-13-29-25(33)17-9-10-19-20(15-17)32-24(31-26(19)34)23(39-28(32)38)27(35)30-18-6-4-3-5-7-18/h8,11,14,17-20H,3-7,9-10,12-13,15H2,1-2H3,(H,29,33)(H,30,35)(H,31,34). The van der Waals surface area contributed by atoms with Gasteiger partial charge in [0.1, 0.15) is 10.7 Å². The van der Waals surface area contributed by atoms with E-state index in [1.807, 2.05) is 22.8 Å². The summed E-state index contributed by atoms with van der Waals surface area (Å²) in [6, 6.07) is 5.66. The van der Waals surface area contributed by atoms with E-state index in [0.29, 0.717) is 58.4 Å². The molecule has 11 heteroatoms. The number of fused-ring (bicyclic) bond motifs is 3. The van der Waals surface area contributed by atoms with Crippen LogP contribution in [0.4, 0.5) is 5.82 Å². The van der Waals surface area contributed by atoms with Crippen LogP contribution in [-0.4, -0.2) is 49.1 Å². The lowest BCUT2D eigenvalue weighted by atomic mass is 9.76. The van der Waals surface area contributed by atoms with E-state index >= 15 is 0 Å². The fraction of sp³-hybridized carbons (Fsp3) is 0.571. The minimum atomic E-state index is -0.260. The van der Waals surface area contributed by atoms with Gasteiger partial charge in [-0.3, -0.25) is 14.4 Å². The van der Waals surface area contributed by atoms with Crippen LogP contribution in [0.25, 0.3) is 0 Å². The molecule has 3 aliphatic rings. The first kappa shape index (κ1) is 27.6. The smallest absolute Gasteiger partial charge is 0.265 e. The average molecular weight is 573 g/mol. The number of hydrogen-bond acceptors (Lipinski definition) is 7. The van der Waals surface area contributed by atoms with E-state index < -0.39 is 0 Å². The number of ether oxygens (including phenoxy) is 2. The Hall–Kier alpha value is -2.92. The molecule has 0 spiro atoms. The Labute approximate surface area is 237 Å². The molecule has 5 rings (SSSR count). The largest absolute Gasteiger partial charge is 0.493 e. The number of methoxy groups -OCH3 is 2. The highest BCUT2D eigenvalue weighted by molar-refractivity contribution is 7.73. The second-order valence-electron chi connectivity index (χ2n) is 10.6. The van der Waals surface area contributed by atoms with Crippen LogP contribution in [0.1, 0.15) is 72.6 Å². The van der Waals surface area contributed by atoms with Gasteiger partial charge in [0.15, 0.2) is 15.5 Å². The van der Waals surface area contributed by atoms with Crippen LogP contribution in [0.15, 0.2) is 18.2 Å². The van der Waals surface area contributed by atoms with Crippen molar-refractivity contribution in [2.24, 2.45) is 11.8 Å². The number of carbonyl (C=O) groups is 3. The summed E-state index contributed by atoms with van der Waals surface area (Å²) in [5, 5.41) is 9.18. The number of anilines is 1. The number of nitrogens with one attached hydrogen (secondary N) is 3. The predicted octanol–water partition coefficient (Wildman–Crippen LogP) is 4.63. The fourth-order valence-corrected chi connectivity index (χ4v) is 7.53. The van der Waals surface area contributed by atoms with E-state index in [0.717, 1.165) is 31.2 Å². The maximum atomic E-state index is 13.2. The van der Waals surface area contributed by atoms with Gasteiger partial charge >= 0.3 is 0 Å². The van der Waals surface area contributed by atoms with Gasteiger partial charge in [0, 0.05) is 24.5 Å². The summed E-state index contributed by atoms with van der Waals surface area (Å²) in [4.78, 5) is 39.8. The normalized spacial score (nSPS) is 22.7. The van der Waals surface area contributed by atoms with Crippen LogP contribution in [0.3, 0.4) is 0 Å². The zero-order valence-electron chi connectivity index (χ0n) is 22.4. The molecule has 0 radical (unpaired) electrons. The molecule has 39 heavy (non-hydrogen) atoms. The Bertz CT molecular complexity index is 1300. The summed E-state index contributed by atoms with van der Waals surface area (Å²) in [5.41, 5.74) is 1.04. The Morgan fingerprint density at radius 1 is 1.10 bits per heavy atom. The van der Waals surface area contributed by atoms with Crippen molar-refractivity contribution in [3.05, 3.63) is 32.6 Å². The number of aromatic nitrogens is 1. The fourth-order valence-electron chi connectivity index (χ4n) is 6.15. The second kappa shape index (κ2) is 12.1. The number of hydrogen-bond donors (Lipinski definition) is 3. The van der Waals surface area contributed by atoms with Gasteiger partial charge in [0.25, 0.3) is 5.91 Å². The third kappa shape index (κ3) is 5.84. The molecule has 9 nitrogen and oxygen atoms in total. The number of carbonyl (C=O) groups excluding carboxylic acids is 3. The summed E-state index contributed by atoms with van der Waals surface area (Å²) < 4.78 is 13.1. The van der Waals surface area contributed by atoms with Crippen LogP contribution in [-0.2, 0) is 16.0 Å². The van der Waals surface area contributed by atoms with Crippen LogP contribution in [0.5, 0.6) is 11.5 Å². The Morgan fingerprint density at radius 3 is 2.62 bits per heavy atom. The van der Waals surface area contributed by atoms with E-state index in [4.69, 9.17) is 21.7 Å². The number of thiazole rings is 1. The molecule has 3 unspecified atom stereocenters. The lowest BCUT2D eigenvalue weighted by Crippen LogP contribution is -2.45. The van der Waals surface area contributed by atoms with E-state index in [9.17, 15) is 14.4 Å². The zero-order chi connectivity index (χ0) is 27.5. The Kier molecular flexibility index (Phi) is 8.56. The number of rotatable bonds is 8. The van der Waals surface area contributed by atoms with E-state index in [1.54, 1.807) is 14.2 Å². The first-order valence-electron chi connectivity index (χ1n) is 13.7. The third-order valence-corrected chi connectivity index (χ3v) is 9.65. The van der Waals surface area contributed by atoms with Crippen molar-refractivity contribution < 1.29 is 23.9 Å². The van der Waals surface area contributed by atoms with Crippen molar-refractivity contribution in [2.75, 3.05) is 26.1 Å². The van der Waals surface area contributed by atoms with Gasteiger partial charge in [-0.2, -0.15) is 0 Å². The van der Waals surface area contributed by atoms with Crippen molar-refractivity contribution in [1.82, 2.24) is 15.2 Å². The van der Waals surface area contributed by atoms with Gasteiger partial charge in [0.05, 0.1) is 20.1 Å². The molecule has 1 aromatic heterocycles. The predicted molar refractivity (Wildman–Crippen MR) is 152 cm³/mol. The van der Waals surface area contributed by atoms with Gasteiger partial charge < -0.3 is 30.0 Å². The molecule has 3 amide bonds. The topological polar surface area (TPSA) is 111 Å². The van der Waals surface area contributed by atoms with Crippen molar-refractivity contribution >= 4 is 47.1 Å². The van der Waals surface area contributed by atoms with Crippen molar-refractivity contribution in [3.8, 4) is 11.5 Å². The summed E-state index contributed by atoms with van der Waals surface area (Å²) in [7, 11) is 3.20. The van der Waals surface area contributed by atoms with Gasteiger partial charge in [-0.1, -0.05) is 36.7 Å². The summed E-state index contributed by atoms with van der Waals surface area (Å²) in [6.07, 6.45) is 7.81. The highest BCUT2D eigenvalue weighted by Crippen LogP contribution is 2.45. The van der Waals surface area contributed by atoms with Gasteiger partial charge in [-0.15, -0.1) is 0 Å². The molecule has 3 atom stereocenters. The van der Waals surface area contributed by atoms with Crippen molar-refractivity contribution in [3.63, 3.8) is 0 Å². The Morgan fingerprint density at radius 2 is 1.87 bits per heavy atom. The van der Waals surface area contributed by atoms with E-state index in [1.165, 1.54) is 17.8 Å².